The zero-order chi connectivity index (χ0) is 23.7. The molecule has 9 nitrogen and oxygen atoms in total. The number of carbonyl (C=O) groups excluding carboxylic acids is 3. The summed E-state index contributed by atoms with van der Waals surface area (Å²) in [6, 6.07) is 11.3. The van der Waals surface area contributed by atoms with E-state index in [1.807, 2.05) is 0 Å². The van der Waals surface area contributed by atoms with E-state index >= 15 is 0 Å². The van der Waals surface area contributed by atoms with Crippen LogP contribution in [0, 0.1) is 11.8 Å². The summed E-state index contributed by atoms with van der Waals surface area (Å²) in [4.78, 5) is 35.6. The lowest BCUT2D eigenvalue weighted by Gasteiger charge is -2.14. The summed E-state index contributed by atoms with van der Waals surface area (Å²) in [7, 11) is 0. The molecule has 9 heteroatoms. The van der Waals surface area contributed by atoms with E-state index in [-0.39, 0.29) is 6.54 Å². The van der Waals surface area contributed by atoms with Gasteiger partial charge in [-0.2, -0.15) is 0 Å². The van der Waals surface area contributed by atoms with Crippen molar-refractivity contribution in [2.24, 2.45) is 11.5 Å². The molecular formula is C23H26N4O5. The second-order valence-corrected chi connectivity index (χ2v) is 7.05. The molecule has 0 aliphatic heterocycles. The number of aliphatic hydroxyl groups excluding tert-OH is 2. The summed E-state index contributed by atoms with van der Waals surface area (Å²) in [6.07, 6.45) is -0.956. The van der Waals surface area contributed by atoms with Gasteiger partial charge in [0.2, 0.25) is 5.91 Å². The van der Waals surface area contributed by atoms with Crippen LogP contribution in [0.4, 0.5) is 5.69 Å². The molecule has 0 heterocycles. The first-order valence-corrected chi connectivity index (χ1v) is 9.86. The van der Waals surface area contributed by atoms with E-state index in [4.69, 9.17) is 16.6 Å². The zero-order valence-corrected chi connectivity index (χ0v) is 17.5. The average Bonchev–Trinajstić information content (AvgIpc) is 2.81. The highest BCUT2D eigenvalue weighted by molar-refractivity contribution is 5.98. The Bertz CT molecular complexity index is 1010. The second kappa shape index (κ2) is 11.7. The Morgan fingerprint density at radius 2 is 1.53 bits per heavy atom. The molecule has 0 bridgehead atoms. The highest BCUT2D eigenvalue weighted by atomic mass is 16.3. The van der Waals surface area contributed by atoms with Crippen molar-refractivity contribution >= 4 is 23.3 Å². The van der Waals surface area contributed by atoms with Gasteiger partial charge in [0, 0.05) is 28.9 Å². The van der Waals surface area contributed by atoms with Crippen molar-refractivity contribution in [3.63, 3.8) is 0 Å². The number of hydrogen-bond donors (Lipinski definition) is 6. The van der Waals surface area contributed by atoms with Gasteiger partial charge in [-0.25, -0.2) is 0 Å². The summed E-state index contributed by atoms with van der Waals surface area (Å²) in [5, 5.41) is 23.4. The molecule has 2 amide bonds. The van der Waals surface area contributed by atoms with Crippen molar-refractivity contribution in [2.75, 3.05) is 18.5 Å². The van der Waals surface area contributed by atoms with Crippen molar-refractivity contribution in [3.05, 3.63) is 65.2 Å². The molecule has 0 aliphatic carbocycles. The van der Waals surface area contributed by atoms with Gasteiger partial charge in [0.1, 0.15) is 18.7 Å². The van der Waals surface area contributed by atoms with Crippen LogP contribution in [0.5, 0.6) is 0 Å². The van der Waals surface area contributed by atoms with Crippen LogP contribution in [0.25, 0.3) is 0 Å². The van der Waals surface area contributed by atoms with E-state index in [0.29, 0.717) is 22.4 Å². The number of Topliss-reactive ketones (excluding diaryl/α,β-unsaturated/α-hetero) is 1. The van der Waals surface area contributed by atoms with Gasteiger partial charge < -0.3 is 32.3 Å². The third kappa shape index (κ3) is 7.01. The molecular weight excluding hydrogens is 412 g/mol. The monoisotopic (exact) mass is 438 g/mol. The van der Waals surface area contributed by atoms with Gasteiger partial charge in [-0.15, -0.1) is 0 Å². The normalized spacial score (nSPS) is 13.2. The van der Waals surface area contributed by atoms with Crippen LogP contribution in [0.3, 0.4) is 0 Å². The molecule has 0 radical (unpaired) electrons. The van der Waals surface area contributed by atoms with Gasteiger partial charge in [-0.3, -0.25) is 14.4 Å². The summed E-state index contributed by atoms with van der Waals surface area (Å²) >= 11 is 0. The molecule has 2 aromatic rings. The summed E-state index contributed by atoms with van der Waals surface area (Å²) in [6.45, 7) is 0.640. The number of benzene rings is 2. The third-order valence-electron chi connectivity index (χ3n) is 4.56. The fourth-order valence-corrected chi connectivity index (χ4v) is 2.55. The minimum atomic E-state index is -1.02. The lowest BCUT2D eigenvalue weighted by Crippen LogP contribution is -2.46. The molecule has 2 rings (SSSR count). The van der Waals surface area contributed by atoms with Crippen LogP contribution >= 0.6 is 0 Å². The highest BCUT2D eigenvalue weighted by Gasteiger charge is 2.19. The predicted molar refractivity (Wildman–Crippen MR) is 120 cm³/mol. The topological polar surface area (TPSA) is 168 Å². The molecule has 168 valence electrons. The molecule has 0 saturated heterocycles. The molecule has 2 aromatic carbocycles. The number of amides is 2. The van der Waals surface area contributed by atoms with Crippen LogP contribution in [-0.2, 0) is 9.59 Å². The van der Waals surface area contributed by atoms with Gasteiger partial charge in [-0.1, -0.05) is 11.8 Å². The second-order valence-electron chi connectivity index (χ2n) is 7.05. The Balaban J connectivity index is 2.00. The number of rotatable bonds is 8. The Kier molecular flexibility index (Phi) is 9.07. The summed E-state index contributed by atoms with van der Waals surface area (Å²) < 4.78 is 0. The molecule has 0 saturated carbocycles. The van der Waals surface area contributed by atoms with Crippen LogP contribution in [0.15, 0.2) is 48.5 Å². The van der Waals surface area contributed by atoms with Gasteiger partial charge in [0.15, 0.2) is 5.78 Å². The zero-order valence-electron chi connectivity index (χ0n) is 17.5. The Morgan fingerprint density at radius 1 is 1.00 bits per heavy atom. The summed E-state index contributed by atoms with van der Waals surface area (Å²) in [5.74, 6) is 4.43. The van der Waals surface area contributed by atoms with Gasteiger partial charge in [0.25, 0.3) is 5.91 Å². The molecule has 0 spiro atoms. The number of hydrogen-bond acceptors (Lipinski definition) is 7. The van der Waals surface area contributed by atoms with E-state index in [2.05, 4.69) is 22.5 Å². The van der Waals surface area contributed by atoms with Gasteiger partial charge >= 0.3 is 0 Å². The Hall–Kier alpha value is -3.55. The van der Waals surface area contributed by atoms with Gasteiger partial charge in [-0.05, 0) is 55.5 Å². The van der Waals surface area contributed by atoms with E-state index in [0.717, 1.165) is 0 Å². The maximum atomic E-state index is 12.2. The molecule has 0 aliphatic rings. The van der Waals surface area contributed by atoms with Crippen LogP contribution in [0.1, 0.15) is 28.4 Å². The first kappa shape index (κ1) is 24.7. The Morgan fingerprint density at radius 3 is 2.00 bits per heavy atom. The number of aliphatic hydroxyl groups is 2. The lowest BCUT2D eigenvalue weighted by molar-refractivity contribution is -0.123. The molecule has 8 N–H and O–H groups in total. The largest absolute Gasteiger partial charge is 0.391 e. The van der Waals surface area contributed by atoms with Crippen molar-refractivity contribution in [1.82, 2.24) is 5.32 Å². The van der Waals surface area contributed by atoms with Crippen LogP contribution in [-0.4, -0.2) is 59.1 Å². The first-order chi connectivity index (χ1) is 15.2. The smallest absolute Gasteiger partial charge is 0.251 e. The highest BCUT2D eigenvalue weighted by Crippen LogP contribution is 2.10. The fraction of sp³-hybridized carbons (Fsp3) is 0.261. The van der Waals surface area contributed by atoms with Crippen molar-refractivity contribution in [2.45, 2.75) is 25.1 Å². The molecule has 3 atom stereocenters. The molecule has 32 heavy (non-hydrogen) atoms. The van der Waals surface area contributed by atoms with Crippen molar-refractivity contribution in [1.29, 1.82) is 0 Å². The van der Waals surface area contributed by atoms with E-state index < -0.39 is 42.4 Å². The number of nitrogens with one attached hydrogen (secondary N) is 2. The number of carbonyl (C=O) groups is 3. The molecule has 0 aromatic heterocycles. The van der Waals surface area contributed by atoms with Crippen LogP contribution < -0.4 is 22.1 Å². The molecule has 0 fully saturated rings. The van der Waals surface area contributed by atoms with E-state index in [9.17, 15) is 19.5 Å². The minimum absolute atomic E-state index is 0.107. The Labute approximate surface area is 185 Å². The number of nitrogens with two attached hydrogens (primary N) is 2. The standard InChI is InChI=1S/C23H26N4O5/c1-14(29)21(25)23(32)26-18-10-6-16(7-11-18)3-2-15-4-8-17(9-5-15)22(31)27-19(12-24)20(30)13-28/h4-11,14,19,21,28-29H,12-13,24-25H2,1H3,(H,26,32)(H,27,31)/t14-,19+,21+/m1/s1. The maximum Gasteiger partial charge on any atom is 0.251 e. The maximum absolute atomic E-state index is 12.2. The number of anilines is 1. The summed E-state index contributed by atoms with van der Waals surface area (Å²) in [5.41, 5.74) is 13.3. The quantitative estimate of drug-likeness (QED) is 0.298. The minimum Gasteiger partial charge on any atom is -0.391 e. The third-order valence-corrected chi connectivity index (χ3v) is 4.56. The van der Waals surface area contributed by atoms with Crippen molar-refractivity contribution in [3.8, 4) is 11.8 Å². The van der Waals surface area contributed by atoms with Crippen LogP contribution in [0.2, 0.25) is 0 Å². The average molecular weight is 438 g/mol. The number of ketones is 1. The van der Waals surface area contributed by atoms with Gasteiger partial charge in [0.05, 0.1) is 6.10 Å². The fourth-order valence-electron chi connectivity index (χ4n) is 2.55. The SMILES string of the molecule is C[C@@H](O)[C@H](N)C(=O)Nc1ccc(C#Cc2ccc(C(=O)N[C@@H](CN)C(=O)CO)cc2)cc1. The van der Waals surface area contributed by atoms with E-state index in [1.54, 1.807) is 48.5 Å². The lowest BCUT2D eigenvalue weighted by atomic mass is 10.1. The van der Waals surface area contributed by atoms with Crippen molar-refractivity contribution < 1.29 is 24.6 Å². The predicted octanol–water partition coefficient (Wildman–Crippen LogP) is -0.648. The van der Waals surface area contributed by atoms with E-state index in [1.165, 1.54) is 6.92 Å². The first-order valence-electron chi connectivity index (χ1n) is 9.86. The molecule has 0 unspecified atom stereocenters.